The van der Waals surface area contributed by atoms with Crippen LogP contribution in [0.25, 0.3) is 11.4 Å². The lowest BCUT2D eigenvalue weighted by Gasteiger charge is -2.12. The summed E-state index contributed by atoms with van der Waals surface area (Å²) >= 11 is 2.12. The molecule has 0 aliphatic rings. The molecule has 0 fully saturated rings. The van der Waals surface area contributed by atoms with Gasteiger partial charge in [0.1, 0.15) is 17.5 Å². The van der Waals surface area contributed by atoms with E-state index in [4.69, 9.17) is 4.74 Å². The summed E-state index contributed by atoms with van der Waals surface area (Å²) in [5.41, 5.74) is 0.962. The summed E-state index contributed by atoms with van der Waals surface area (Å²) in [5, 5.41) is 3.11. The quantitative estimate of drug-likeness (QED) is 0.773. The predicted octanol–water partition coefficient (Wildman–Crippen LogP) is 3.60. The minimum Gasteiger partial charge on any atom is -0.378 e. The highest BCUT2D eigenvalue weighted by Gasteiger charge is 2.14. The summed E-state index contributed by atoms with van der Waals surface area (Å²) in [6.45, 7) is 2.91. The molecule has 0 bridgehead atoms. The first kappa shape index (κ1) is 16.0. The van der Waals surface area contributed by atoms with Gasteiger partial charge in [0, 0.05) is 25.3 Å². The van der Waals surface area contributed by atoms with Crippen molar-refractivity contribution in [1.29, 1.82) is 0 Å². The first-order valence-corrected chi connectivity index (χ1v) is 7.38. The molecule has 0 atom stereocenters. The first-order valence-electron chi connectivity index (χ1n) is 6.30. The van der Waals surface area contributed by atoms with Crippen LogP contribution in [-0.4, -0.2) is 23.6 Å². The van der Waals surface area contributed by atoms with Crippen LogP contribution < -0.4 is 5.32 Å². The third-order valence-electron chi connectivity index (χ3n) is 2.67. The van der Waals surface area contributed by atoms with Crippen LogP contribution >= 0.6 is 22.6 Å². The zero-order chi connectivity index (χ0) is 15.4. The van der Waals surface area contributed by atoms with E-state index < -0.39 is 11.6 Å². The normalized spacial score (nSPS) is 10.7. The Morgan fingerprint density at radius 3 is 2.43 bits per heavy atom. The van der Waals surface area contributed by atoms with Crippen molar-refractivity contribution in [3.63, 3.8) is 0 Å². The molecule has 0 amide bonds. The average Bonchev–Trinajstić information content (AvgIpc) is 2.42. The van der Waals surface area contributed by atoms with E-state index in [1.165, 1.54) is 12.1 Å². The Morgan fingerprint density at radius 1 is 1.19 bits per heavy atom. The molecule has 4 nitrogen and oxygen atoms in total. The molecule has 0 aliphatic carbocycles. The first-order chi connectivity index (χ1) is 10.0. The van der Waals surface area contributed by atoms with Gasteiger partial charge in [0.25, 0.3) is 0 Å². The van der Waals surface area contributed by atoms with Gasteiger partial charge < -0.3 is 10.1 Å². The van der Waals surface area contributed by atoms with Crippen molar-refractivity contribution in [2.75, 3.05) is 19.0 Å². The summed E-state index contributed by atoms with van der Waals surface area (Å²) in [4.78, 5) is 8.68. The number of hydrogen-bond donors (Lipinski definition) is 1. The SMILES string of the molecule is CCNc1nc(-c2cc(F)cc(F)c2)nc(COC)c1I. The summed E-state index contributed by atoms with van der Waals surface area (Å²) in [5.74, 6) is -0.437. The molecule has 2 rings (SSSR count). The van der Waals surface area contributed by atoms with Gasteiger partial charge in [-0.2, -0.15) is 0 Å². The third kappa shape index (κ3) is 3.85. The highest BCUT2D eigenvalue weighted by atomic mass is 127. The summed E-state index contributed by atoms with van der Waals surface area (Å²) in [6, 6.07) is 3.23. The van der Waals surface area contributed by atoms with Gasteiger partial charge in [0.2, 0.25) is 0 Å². The lowest BCUT2D eigenvalue weighted by molar-refractivity contribution is 0.181. The summed E-state index contributed by atoms with van der Waals surface area (Å²) in [6.07, 6.45) is 0. The van der Waals surface area contributed by atoms with Gasteiger partial charge in [-0.15, -0.1) is 0 Å². The van der Waals surface area contributed by atoms with E-state index in [0.29, 0.717) is 30.2 Å². The van der Waals surface area contributed by atoms with E-state index in [2.05, 4.69) is 37.9 Å². The minimum atomic E-state index is -0.662. The van der Waals surface area contributed by atoms with Gasteiger partial charge in [-0.25, -0.2) is 18.7 Å². The van der Waals surface area contributed by atoms with Crippen molar-refractivity contribution in [2.24, 2.45) is 0 Å². The fraction of sp³-hybridized carbons (Fsp3) is 0.286. The Kier molecular flexibility index (Phi) is 5.40. The molecular weight excluding hydrogens is 391 g/mol. The van der Waals surface area contributed by atoms with Crippen molar-refractivity contribution in [3.05, 3.63) is 39.1 Å². The maximum absolute atomic E-state index is 13.4. The highest BCUT2D eigenvalue weighted by molar-refractivity contribution is 14.1. The number of benzene rings is 1. The largest absolute Gasteiger partial charge is 0.378 e. The van der Waals surface area contributed by atoms with Crippen LogP contribution in [0.5, 0.6) is 0 Å². The number of nitrogens with one attached hydrogen (secondary N) is 1. The molecular formula is C14H14F2IN3O. The molecule has 1 N–H and O–H groups in total. The lowest BCUT2D eigenvalue weighted by Crippen LogP contribution is -2.08. The average molecular weight is 405 g/mol. The molecule has 0 aliphatic heterocycles. The number of halogens is 3. The Labute approximate surface area is 135 Å². The van der Waals surface area contributed by atoms with Gasteiger partial charge in [-0.1, -0.05) is 0 Å². The number of anilines is 1. The van der Waals surface area contributed by atoms with E-state index in [1.54, 1.807) is 7.11 Å². The topological polar surface area (TPSA) is 47.0 Å². The zero-order valence-corrected chi connectivity index (χ0v) is 13.7. The third-order valence-corrected chi connectivity index (χ3v) is 3.80. The molecule has 0 saturated carbocycles. The number of aromatic nitrogens is 2. The standard InChI is InChI=1S/C14H14F2IN3O/c1-3-18-14-12(17)11(7-21-2)19-13(20-14)8-4-9(15)6-10(16)5-8/h4-6H,3,7H2,1-2H3,(H,18,19,20). The molecule has 1 aromatic carbocycles. The van der Waals surface area contributed by atoms with Gasteiger partial charge in [0.05, 0.1) is 15.9 Å². The maximum atomic E-state index is 13.4. The van der Waals surface area contributed by atoms with Crippen LogP contribution in [0, 0.1) is 15.2 Å². The smallest absolute Gasteiger partial charge is 0.162 e. The van der Waals surface area contributed by atoms with Crippen LogP contribution in [0.3, 0.4) is 0 Å². The fourth-order valence-corrected chi connectivity index (χ4v) is 2.41. The van der Waals surface area contributed by atoms with Gasteiger partial charge in [0.15, 0.2) is 5.82 Å². The van der Waals surface area contributed by atoms with Gasteiger partial charge in [-0.05, 0) is 41.6 Å². The number of rotatable bonds is 5. The summed E-state index contributed by atoms with van der Waals surface area (Å²) in [7, 11) is 1.56. The van der Waals surface area contributed by atoms with Crippen LogP contribution in [0.2, 0.25) is 0 Å². The summed E-state index contributed by atoms with van der Waals surface area (Å²) < 4.78 is 32.6. The Hall–Kier alpha value is -1.35. The molecule has 7 heteroatoms. The van der Waals surface area contributed by atoms with E-state index in [-0.39, 0.29) is 5.82 Å². The molecule has 0 spiro atoms. The number of hydrogen-bond acceptors (Lipinski definition) is 4. The Bertz CT molecular complexity index is 605. The van der Waals surface area contributed by atoms with E-state index in [9.17, 15) is 8.78 Å². The maximum Gasteiger partial charge on any atom is 0.162 e. The van der Waals surface area contributed by atoms with E-state index >= 15 is 0 Å². The molecule has 1 heterocycles. The van der Waals surface area contributed by atoms with Crippen molar-refractivity contribution in [3.8, 4) is 11.4 Å². The number of methoxy groups -OCH3 is 1. The zero-order valence-electron chi connectivity index (χ0n) is 11.6. The molecule has 112 valence electrons. The molecule has 2 aromatic rings. The Balaban J connectivity index is 2.56. The minimum absolute atomic E-state index is 0.261. The van der Waals surface area contributed by atoms with Crippen molar-refractivity contribution in [2.45, 2.75) is 13.5 Å². The monoisotopic (exact) mass is 405 g/mol. The van der Waals surface area contributed by atoms with E-state index in [1.807, 2.05) is 6.92 Å². The van der Waals surface area contributed by atoms with Crippen LogP contribution in [0.4, 0.5) is 14.6 Å². The number of ether oxygens (including phenoxy) is 1. The second-order valence-corrected chi connectivity index (χ2v) is 5.36. The van der Waals surface area contributed by atoms with Gasteiger partial charge in [-0.3, -0.25) is 0 Å². The van der Waals surface area contributed by atoms with Crippen LogP contribution in [-0.2, 0) is 11.3 Å². The van der Waals surface area contributed by atoms with E-state index in [0.717, 1.165) is 9.64 Å². The second-order valence-electron chi connectivity index (χ2n) is 4.28. The highest BCUT2D eigenvalue weighted by Crippen LogP contribution is 2.25. The van der Waals surface area contributed by atoms with Crippen molar-refractivity contribution >= 4 is 28.4 Å². The lowest BCUT2D eigenvalue weighted by atomic mass is 10.2. The number of nitrogens with zero attached hydrogens (tertiary/aromatic N) is 2. The predicted molar refractivity (Wildman–Crippen MR) is 85.0 cm³/mol. The second kappa shape index (κ2) is 7.08. The van der Waals surface area contributed by atoms with Crippen molar-refractivity contribution in [1.82, 2.24) is 9.97 Å². The van der Waals surface area contributed by atoms with Crippen molar-refractivity contribution < 1.29 is 13.5 Å². The van der Waals surface area contributed by atoms with Gasteiger partial charge >= 0.3 is 0 Å². The molecule has 1 aromatic heterocycles. The Morgan fingerprint density at radius 2 is 1.86 bits per heavy atom. The molecule has 21 heavy (non-hydrogen) atoms. The molecule has 0 radical (unpaired) electrons. The molecule has 0 saturated heterocycles. The fourth-order valence-electron chi connectivity index (χ4n) is 1.82. The van der Waals surface area contributed by atoms with Crippen LogP contribution in [0.15, 0.2) is 18.2 Å². The van der Waals surface area contributed by atoms with Crippen LogP contribution in [0.1, 0.15) is 12.6 Å². The molecule has 0 unspecified atom stereocenters.